The van der Waals surface area contributed by atoms with Crippen LogP contribution in [0.25, 0.3) is 55.9 Å². The quantitative estimate of drug-likeness (QED) is 0.143. The molecule has 0 heterocycles. The van der Waals surface area contributed by atoms with Crippen LogP contribution in [0.4, 0.5) is 22.7 Å². The lowest BCUT2D eigenvalue weighted by Gasteiger charge is -2.27. The highest BCUT2D eigenvalue weighted by Gasteiger charge is 2.15. The predicted octanol–water partition coefficient (Wildman–Crippen LogP) is 13.9. The van der Waals surface area contributed by atoms with Crippen molar-refractivity contribution in [3.8, 4) is 33.4 Å². The molecule has 0 aliphatic carbocycles. The van der Waals surface area contributed by atoms with Gasteiger partial charge < -0.3 is 9.80 Å². The van der Waals surface area contributed by atoms with Gasteiger partial charge in [-0.1, -0.05) is 151 Å². The minimum absolute atomic E-state index is 1.09. The Morgan fingerprint density at radius 1 is 0.491 bits per heavy atom. The molecule has 0 bridgehead atoms. The average molecular weight is 739 g/mol. The second-order valence-electron chi connectivity index (χ2n) is 14.6. The standard InChI is InChI=1S/C52H44N2.C3H6/c1-37(2)51-44(25-15-28-49(51)50-29-14-22-41-21-11-16-38(3)52(41)50)36-53(4)45-30-32-46(33-31-45)54(47-26-12-23-42(34-47)39-17-7-5-8-18-39)48-27-13-24-43(35-48)40-19-9-6-10-20-40;1-3-2/h5-36H,1-4H3;3H,1H2,2H3/b44-36+;. The highest BCUT2D eigenvalue weighted by atomic mass is 15.1. The fourth-order valence-corrected chi connectivity index (χ4v) is 7.69. The minimum atomic E-state index is 1.09. The first-order valence-electron chi connectivity index (χ1n) is 19.6. The van der Waals surface area contributed by atoms with Crippen molar-refractivity contribution >= 4 is 45.3 Å². The molecule has 0 atom stereocenters. The number of anilines is 4. The lowest BCUT2D eigenvalue weighted by atomic mass is 9.92. The fourth-order valence-electron chi connectivity index (χ4n) is 7.69. The van der Waals surface area contributed by atoms with Gasteiger partial charge in [0.2, 0.25) is 0 Å². The highest BCUT2D eigenvalue weighted by molar-refractivity contribution is 5.99. The molecule has 57 heavy (non-hydrogen) atoms. The first kappa shape index (κ1) is 38.4. The van der Waals surface area contributed by atoms with E-state index in [9.17, 15) is 0 Å². The number of hydrogen-bond acceptors (Lipinski definition) is 2. The zero-order valence-corrected chi connectivity index (χ0v) is 33.7. The lowest BCUT2D eigenvalue weighted by molar-refractivity contribution is 1.24. The summed E-state index contributed by atoms with van der Waals surface area (Å²) in [5, 5.41) is 5.06. The maximum absolute atomic E-state index is 3.36. The molecular weight excluding hydrogens is 689 g/mol. The van der Waals surface area contributed by atoms with E-state index in [1.807, 2.05) is 6.92 Å². The molecule has 0 N–H and O–H groups in total. The molecule has 0 spiro atoms. The Hall–Kier alpha value is -6.90. The fraction of sp³-hybridized carbons (Fsp3) is 0.0909. The first-order valence-corrected chi connectivity index (χ1v) is 19.6. The van der Waals surface area contributed by atoms with Gasteiger partial charge in [0.25, 0.3) is 0 Å². The van der Waals surface area contributed by atoms with Crippen molar-refractivity contribution in [3.63, 3.8) is 0 Å². The summed E-state index contributed by atoms with van der Waals surface area (Å²) in [6.07, 6.45) is 4.02. The SMILES string of the molecule is C=CC.CC(C)=c1c(-c2cccc3cccc(C)c23)ccc/c1=C\N(C)c1ccc(N(c2cccc(-c3ccccc3)c2)c2cccc(-c3ccccc3)c2)cc1. The zero-order valence-electron chi connectivity index (χ0n) is 33.7. The van der Waals surface area contributed by atoms with Crippen molar-refractivity contribution in [2.24, 2.45) is 0 Å². The summed E-state index contributed by atoms with van der Waals surface area (Å²) in [6, 6.07) is 67.7. The first-order chi connectivity index (χ1) is 27.9. The van der Waals surface area contributed by atoms with Crippen LogP contribution in [0.5, 0.6) is 0 Å². The second kappa shape index (κ2) is 17.7. The highest BCUT2D eigenvalue weighted by Crippen LogP contribution is 2.39. The molecule has 8 aromatic carbocycles. The van der Waals surface area contributed by atoms with Crippen LogP contribution in [-0.2, 0) is 0 Å². The Morgan fingerprint density at radius 3 is 1.53 bits per heavy atom. The number of allylic oxidation sites excluding steroid dienone is 1. The lowest BCUT2D eigenvalue weighted by Crippen LogP contribution is -2.31. The summed E-state index contributed by atoms with van der Waals surface area (Å²) in [6.45, 7) is 11.9. The summed E-state index contributed by atoms with van der Waals surface area (Å²) in [7, 11) is 2.14. The van der Waals surface area contributed by atoms with E-state index in [1.165, 1.54) is 65.7 Å². The van der Waals surface area contributed by atoms with Crippen molar-refractivity contribution in [3.05, 3.63) is 217 Å². The maximum Gasteiger partial charge on any atom is 0.0467 e. The van der Waals surface area contributed by atoms with Gasteiger partial charge in [-0.15, -0.1) is 6.58 Å². The molecule has 0 unspecified atom stereocenters. The molecule has 0 aliphatic heterocycles. The Kier molecular flexibility index (Phi) is 11.9. The number of nitrogens with zero attached hydrogens (tertiary/aromatic N) is 2. The average Bonchev–Trinajstić information content (AvgIpc) is 3.25. The Bertz CT molecular complexity index is 2650. The van der Waals surface area contributed by atoms with Gasteiger partial charge in [-0.25, -0.2) is 0 Å². The van der Waals surface area contributed by atoms with Crippen molar-refractivity contribution in [1.29, 1.82) is 0 Å². The van der Waals surface area contributed by atoms with Crippen LogP contribution in [0.1, 0.15) is 26.3 Å². The van der Waals surface area contributed by atoms with E-state index >= 15 is 0 Å². The molecular formula is C55H50N2. The zero-order chi connectivity index (χ0) is 39.7. The Morgan fingerprint density at radius 2 is 0.965 bits per heavy atom. The minimum Gasteiger partial charge on any atom is -0.350 e. The number of fused-ring (bicyclic) bond motifs is 1. The van der Waals surface area contributed by atoms with Crippen LogP contribution in [0, 0.1) is 6.92 Å². The molecule has 0 radical (unpaired) electrons. The molecule has 0 saturated heterocycles. The summed E-state index contributed by atoms with van der Waals surface area (Å²) in [5.41, 5.74) is 14.3. The van der Waals surface area contributed by atoms with Crippen LogP contribution in [0.2, 0.25) is 0 Å². The van der Waals surface area contributed by atoms with Gasteiger partial charge in [0.1, 0.15) is 0 Å². The van der Waals surface area contributed by atoms with Gasteiger partial charge in [-0.2, -0.15) is 0 Å². The third-order valence-electron chi connectivity index (χ3n) is 10.3. The Labute approximate surface area is 338 Å². The van der Waals surface area contributed by atoms with Crippen LogP contribution >= 0.6 is 0 Å². The van der Waals surface area contributed by atoms with E-state index in [-0.39, 0.29) is 0 Å². The smallest absolute Gasteiger partial charge is 0.0467 e. The van der Waals surface area contributed by atoms with E-state index < -0.39 is 0 Å². The molecule has 2 heteroatoms. The molecule has 8 rings (SSSR count). The van der Waals surface area contributed by atoms with E-state index in [2.05, 4.69) is 238 Å². The van der Waals surface area contributed by atoms with E-state index in [0.717, 1.165) is 22.7 Å². The molecule has 0 fully saturated rings. The van der Waals surface area contributed by atoms with Crippen LogP contribution in [0.3, 0.4) is 0 Å². The van der Waals surface area contributed by atoms with Crippen molar-refractivity contribution in [2.75, 3.05) is 16.8 Å². The maximum atomic E-state index is 3.36. The van der Waals surface area contributed by atoms with Crippen LogP contribution in [0.15, 0.2) is 201 Å². The van der Waals surface area contributed by atoms with Crippen molar-refractivity contribution in [2.45, 2.75) is 27.7 Å². The van der Waals surface area contributed by atoms with Crippen LogP contribution in [-0.4, -0.2) is 7.05 Å². The molecule has 8 aromatic rings. The van der Waals surface area contributed by atoms with Gasteiger partial charge >= 0.3 is 0 Å². The Balaban J connectivity index is 0.00000160. The number of benzene rings is 8. The van der Waals surface area contributed by atoms with Gasteiger partial charge in [-0.05, 0) is 136 Å². The van der Waals surface area contributed by atoms with Gasteiger partial charge in [0.15, 0.2) is 0 Å². The number of hydrogen-bond donors (Lipinski definition) is 0. The van der Waals surface area contributed by atoms with E-state index in [1.54, 1.807) is 6.08 Å². The predicted molar refractivity (Wildman–Crippen MR) is 249 cm³/mol. The monoisotopic (exact) mass is 738 g/mol. The van der Waals surface area contributed by atoms with Crippen LogP contribution < -0.4 is 20.2 Å². The molecule has 0 amide bonds. The topological polar surface area (TPSA) is 6.48 Å². The normalized spacial score (nSPS) is 11.1. The number of rotatable bonds is 8. The molecule has 2 nitrogen and oxygen atoms in total. The molecule has 0 aromatic heterocycles. The largest absolute Gasteiger partial charge is 0.350 e. The van der Waals surface area contributed by atoms with E-state index in [0.29, 0.717) is 0 Å². The van der Waals surface area contributed by atoms with Crippen molar-refractivity contribution in [1.82, 2.24) is 0 Å². The summed E-state index contributed by atoms with van der Waals surface area (Å²) in [5.74, 6) is 0. The van der Waals surface area contributed by atoms with Gasteiger partial charge in [-0.3, -0.25) is 0 Å². The van der Waals surface area contributed by atoms with Crippen molar-refractivity contribution < 1.29 is 0 Å². The third-order valence-corrected chi connectivity index (χ3v) is 10.3. The number of aryl methyl sites for hydroxylation is 1. The second-order valence-corrected chi connectivity index (χ2v) is 14.6. The molecule has 0 aliphatic rings. The van der Waals surface area contributed by atoms with Gasteiger partial charge in [0.05, 0.1) is 0 Å². The molecule has 0 saturated carbocycles. The summed E-state index contributed by atoms with van der Waals surface area (Å²) >= 11 is 0. The summed E-state index contributed by atoms with van der Waals surface area (Å²) < 4.78 is 0. The summed E-state index contributed by atoms with van der Waals surface area (Å²) in [4.78, 5) is 4.59. The van der Waals surface area contributed by atoms with Gasteiger partial charge in [0, 0.05) is 36.0 Å². The molecule has 280 valence electrons. The third kappa shape index (κ3) is 8.52. The van der Waals surface area contributed by atoms with E-state index in [4.69, 9.17) is 0 Å².